The van der Waals surface area contributed by atoms with Crippen molar-refractivity contribution in [3.63, 3.8) is 0 Å². The van der Waals surface area contributed by atoms with E-state index in [0.29, 0.717) is 5.92 Å². The highest BCUT2D eigenvalue weighted by Gasteiger charge is 2.26. The first-order valence-corrected chi connectivity index (χ1v) is 6.31. The zero-order valence-corrected chi connectivity index (χ0v) is 10.3. The van der Waals surface area contributed by atoms with Crippen molar-refractivity contribution in [2.75, 3.05) is 0 Å². The topological polar surface area (TPSA) is 43.1 Å². The van der Waals surface area contributed by atoms with E-state index in [1.807, 2.05) is 13.8 Å². The van der Waals surface area contributed by atoms with Gasteiger partial charge in [-0.2, -0.15) is 0 Å². The average molecular weight is 211 g/mol. The lowest BCUT2D eigenvalue weighted by Crippen LogP contribution is -2.37. The molecule has 1 aliphatic rings. The third kappa shape index (κ3) is 3.60. The molecule has 0 aromatic heterocycles. The van der Waals surface area contributed by atoms with Crippen LogP contribution >= 0.6 is 0 Å². The molecule has 0 aliphatic heterocycles. The van der Waals surface area contributed by atoms with Crippen molar-refractivity contribution in [2.45, 2.75) is 58.9 Å². The summed E-state index contributed by atoms with van der Waals surface area (Å²) in [5.74, 6) is 1.74. The Labute approximate surface area is 93.6 Å². The summed E-state index contributed by atoms with van der Waals surface area (Å²) < 4.78 is 0. The first-order chi connectivity index (χ1) is 7.02. The highest BCUT2D eigenvalue weighted by Crippen LogP contribution is 2.32. The van der Waals surface area contributed by atoms with E-state index in [4.69, 9.17) is 5.73 Å². The molecule has 1 fully saturated rings. The van der Waals surface area contributed by atoms with Gasteiger partial charge < -0.3 is 5.73 Å². The summed E-state index contributed by atoms with van der Waals surface area (Å²) >= 11 is 0. The van der Waals surface area contributed by atoms with Crippen molar-refractivity contribution < 1.29 is 4.79 Å². The molecule has 0 bridgehead atoms. The predicted octanol–water partition coefficient (Wildman–Crippen LogP) is 2.76. The Morgan fingerprint density at radius 1 is 1.33 bits per heavy atom. The Morgan fingerprint density at radius 3 is 2.47 bits per heavy atom. The van der Waals surface area contributed by atoms with Crippen LogP contribution in [0.25, 0.3) is 0 Å². The second-order valence-corrected chi connectivity index (χ2v) is 5.42. The molecule has 1 aliphatic carbocycles. The van der Waals surface area contributed by atoms with E-state index in [0.717, 1.165) is 12.3 Å². The Bertz CT molecular complexity index is 213. The van der Waals surface area contributed by atoms with Crippen molar-refractivity contribution >= 4 is 5.78 Å². The second kappa shape index (κ2) is 5.64. The van der Waals surface area contributed by atoms with Gasteiger partial charge in [-0.15, -0.1) is 0 Å². The number of ketones is 1. The highest BCUT2D eigenvalue weighted by atomic mass is 16.1. The Morgan fingerprint density at radius 2 is 1.93 bits per heavy atom. The van der Waals surface area contributed by atoms with Gasteiger partial charge in [0, 0.05) is 5.92 Å². The lowest BCUT2D eigenvalue weighted by atomic mass is 9.76. The van der Waals surface area contributed by atoms with Gasteiger partial charge in [0.2, 0.25) is 0 Å². The molecule has 3 unspecified atom stereocenters. The largest absolute Gasteiger partial charge is 0.321 e. The quantitative estimate of drug-likeness (QED) is 0.777. The van der Waals surface area contributed by atoms with Crippen LogP contribution in [0.3, 0.4) is 0 Å². The minimum absolute atomic E-state index is 0.0823. The number of Topliss-reactive ketones (excluding diaryl/α,β-unsaturated/α-hetero) is 1. The highest BCUT2D eigenvalue weighted by molar-refractivity contribution is 5.85. The minimum atomic E-state index is -0.226. The summed E-state index contributed by atoms with van der Waals surface area (Å²) in [6, 6.07) is -0.226. The standard InChI is InChI=1S/C13H25NO/c1-9(2)13(15)12(14)8-11-7-5-4-6-10(11)3/h9-12H,4-8,14H2,1-3H3. The monoisotopic (exact) mass is 211 g/mol. The maximum Gasteiger partial charge on any atom is 0.152 e. The van der Waals surface area contributed by atoms with Crippen LogP contribution in [-0.2, 0) is 4.79 Å². The van der Waals surface area contributed by atoms with Crippen molar-refractivity contribution in [3.05, 3.63) is 0 Å². The van der Waals surface area contributed by atoms with Crippen molar-refractivity contribution in [2.24, 2.45) is 23.5 Å². The van der Waals surface area contributed by atoms with E-state index in [9.17, 15) is 4.79 Å². The molecule has 2 N–H and O–H groups in total. The first kappa shape index (κ1) is 12.7. The fourth-order valence-electron chi connectivity index (χ4n) is 2.61. The van der Waals surface area contributed by atoms with Gasteiger partial charge in [0.1, 0.15) is 0 Å². The number of carbonyl (C=O) groups excluding carboxylic acids is 1. The molecule has 1 rings (SSSR count). The van der Waals surface area contributed by atoms with Gasteiger partial charge in [-0.3, -0.25) is 4.79 Å². The molecule has 15 heavy (non-hydrogen) atoms. The predicted molar refractivity (Wildman–Crippen MR) is 63.6 cm³/mol. The fourth-order valence-corrected chi connectivity index (χ4v) is 2.61. The summed E-state index contributed by atoms with van der Waals surface area (Å²) in [6.07, 6.45) is 6.15. The molecule has 0 saturated heterocycles. The van der Waals surface area contributed by atoms with E-state index < -0.39 is 0 Å². The van der Waals surface area contributed by atoms with Crippen LogP contribution in [-0.4, -0.2) is 11.8 Å². The Balaban J connectivity index is 2.42. The molecule has 0 heterocycles. The summed E-state index contributed by atoms with van der Waals surface area (Å²) in [6.45, 7) is 6.18. The van der Waals surface area contributed by atoms with Crippen LogP contribution < -0.4 is 5.73 Å². The van der Waals surface area contributed by atoms with E-state index in [1.54, 1.807) is 0 Å². The number of hydrogen-bond donors (Lipinski definition) is 1. The number of nitrogens with two attached hydrogens (primary N) is 1. The molecule has 2 nitrogen and oxygen atoms in total. The van der Waals surface area contributed by atoms with Crippen molar-refractivity contribution in [1.82, 2.24) is 0 Å². The third-order valence-electron chi connectivity index (χ3n) is 3.78. The molecule has 0 aromatic carbocycles. The van der Waals surface area contributed by atoms with Crippen LogP contribution in [0, 0.1) is 17.8 Å². The third-order valence-corrected chi connectivity index (χ3v) is 3.78. The van der Waals surface area contributed by atoms with Crippen LogP contribution in [0.2, 0.25) is 0 Å². The normalized spacial score (nSPS) is 29.1. The molecular formula is C13H25NO. The number of rotatable bonds is 4. The van der Waals surface area contributed by atoms with E-state index in [-0.39, 0.29) is 17.7 Å². The summed E-state index contributed by atoms with van der Waals surface area (Å²) in [5.41, 5.74) is 5.96. The molecule has 0 radical (unpaired) electrons. The number of carbonyl (C=O) groups is 1. The van der Waals surface area contributed by atoms with Crippen molar-refractivity contribution in [3.8, 4) is 0 Å². The Hall–Kier alpha value is -0.370. The molecule has 0 amide bonds. The molecule has 3 atom stereocenters. The fraction of sp³-hybridized carbons (Fsp3) is 0.923. The van der Waals surface area contributed by atoms with Gasteiger partial charge in [0.25, 0.3) is 0 Å². The van der Waals surface area contributed by atoms with E-state index >= 15 is 0 Å². The zero-order chi connectivity index (χ0) is 11.4. The van der Waals surface area contributed by atoms with Crippen molar-refractivity contribution in [1.29, 1.82) is 0 Å². The van der Waals surface area contributed by atoms with Gasteiger partial charge in [-0.05, 0) is 18.3 Å². The smallest absolute Gasteiger partial charge is 0.152 e. The summed E-state index contributed by atoms with van der Waals surface area (Å²) in [5, 5.41) is 0. The average Bonchev–Trinajstić information content (AvgIpc) is 2.20. The molecule has 2 heteroatoms. The minimum Gasteiger partial charge on any atom is -0.321 e. The van der Waals surface area contributed by atoms with Gasteiger partial charge >= 0.3 is 0 Å². The van der Waals surface area contributed by atoms with E-state index in [2.05, 4.69) is 6.92 Å². The van der Waals surface area contributed by atoms with E-state index in [1.165, 1.54) is 25.7 Å². The molecule has 0 aromatic rings. The SMILES string of the molecule is CC(C)C(=O)C(N)CC1CCCCC1C. The summed E-state index contributed by atoms with van der Waals surface area (Å²) in [4.78, 5) is 11.7. The lowest BCUT2D eigenvalue weighted by Gasteiger charge is -2.30. The zero-order valence-electron chi connectivity index (χ0n) is 10.3. The molecular weight excluding hydrogens is 186 g/mol. The molecule has 0 spiro atoms. The van der Waals surface area contributed by atoms with Gasteiger partial charge in [0.05, 0.1) is 6.04 Å². The van der Waals surface area contributed by atoms with Crippen LogP contribution in [0.4, 0.5) is 0 Å². The molecule has 1 saturated carbocycles. The van der Waals surface area contributed by atoms with Gasteiger partial charge in [-0.25, -0.2) is 0 Å². The molecule has 88 valence electrons. The maximum atomic E-state index is 11.7. The summed E-state index contributed by atoms with van der Waals surface area (Å²) in [7, 11) is 0. The van der Waals surface area contributed by atoms with Crippen LogP contribution in [0.15, 0.2) is 0 Å². The van der Waals surface area contributed by atoms with Crippen LogP contribution in [0.1, 0.15) is 52.9 Å². The van der Waals surface area contributed by atoms with Gasteiger partial charge in [0.15, 0.2) is 5.78 Å². The Kier molecular flexibility index (Phi) is 4.78. The van der Waals surface area contributed by atoms with Gasteiger partial charge in [-0.1, -0.05) is 46.5 Å². The lowest BCUT2D eigenvalue weighted by molar-refractivity contribution is -0.123. The number of hydrogen-bond acceptors (Lipinski definition) is 2. The first-order valence-electron chi connectivity index (χ1n) is 6.31. The maximum absolute atomic E-state index is 11.7. The second-order valence-electron chi connectivity index (χ2n) is 5.42. The van der Waals surface area contributed by atoms with Crippen LogP contribution in [0.5, 0.6) is 0 Å².